The van der Waals surface area contributed by atoms with E-state index in [-0.39, 0.29) is 5.56 Å². The van der Waals surface area contributed by atoms with Crippen LogP contribution in [-0.2, 0) is 19.9 Å². The predicted octanol–water partition coefficient (Wildman–Crippen LogP) is 2.64. The first-order valence-electron chi connectivity index (χ1n) is 6.86. The third kappa shape index (κ3) is 1.77. The molecule has 0 amide bonds. The normalized spacial score (nSPS) is 14.0. The van der Waals surface area contributed by atoms with Gasteiger partial charge in [0.25, 0.3) is 5.56 Å². The van der Waals surface area contributed by atoms with Crippen molar-refractivity contribution in [1.82, 2.24) is 19.3 Å². The minimum atomic E-state index is -0.0238. The lowest BCUT2D eigenvalue weighted by molar-refractivity contribution is 0.756. The summed E-state index contributed by atoms with van der Waals surface area (Å²) < 4.78 is 3.71. The van der Waals surface area contributed by atoms with E-state index in [0.29, 0.717) is 4.77 Å². The Morgan fingerprint density at radius 2 is 2.24 bits per heavy atom. The van der Waals surface area contributed by atoms with Crippen LogP contribution in [0.5, 0.6) is 0 Å². The maximum absolute atomic E-state index is 13.0. The van der Waals surface area contributed by atoms with Crippen LogP contribution in [-0.4, -0.2) is 19.3 Å². The van der Waals surface area contributed by atoms with Crippen molar-refractivity contribution in [3.8, 4) is 5.69 Å². The lowest BCUT2D eigenvalue weighted by atomic mass is 10.2. The average Bonchev–Trinajstić information content (AvgIpc) is 3.04. The van der Waals surface area contributed by atoms with Gasteiger partial charge in [-0.05, 0) is 44.0 Å². The monoisotopic (exact) mass is 318 g/mol. The number of H-pyrrole nitrogens is 1. The Balaban J connectivity index is 2.13. The molecule has 0 atom stereocenters. The molecule has 0 saturated carbocycles. The summed E-state index contributed by atoms with van der Waals surface area (Å²) in [6, 6.07) is 0. The number of hydrogen-bond acceptors (Lipinski definition) is 4. The topological polar surface area (TPSA) is 55.6 Å². The number of hydrogen-bond donors (Lipinski definition) is 1. The molecule has 1 N–H and O–H groups in total. The van der Waals surface area contributed by atoms with Gasteiger partial charge in [0.15, 0.2) is 4.77 Å². The van der Waals surface area contributed by atoms with Crippen LogP contribution in [0.3, 0.4) is 0 Å². The molecule has 7 heteroatoms. The van der Waals surface area contributed by atoms with Gasteiger partial charge in [-0.2, -0.15) is 5.10 Å². The van der Waals surface area contributed by atoms with Gasteiger partial charge in [0.05, 0.1) is 16.8 Å². The fourth-order valence-corrected chi connectivity index (χ4v) is 4.73. The number of nitrogens with one attached hydrogen (secondary N) is 1. The molecule has 0 saturated heterocycles. The van der Waals surface area contributed by atoms with E-state index in [0.717, 1.165) is 40.9 Å². The van der Waals surface area contributed by atoms with Gasteiger partial charge in [0, 0.05) is 18.1 Å². The zero-order valence-corrected chi connectivity index (χ0v) is 13.4. The van der Waals surface area contributed by atoms with Crippen molar-refractivity contribution in [3.63, 3.8) is 0 Å². The van der Waals surface area contributed by atoms with Crippen LogP contribution in [0.25, 0.3) is 15.9 Å². The van der Waals surface area contributed by atoms with E-state index in [2.05, 4.69) is 10.1 Å². The van der Waals surface area contributed by atoms with Crippen molar-refractivity contribution in [3.05, 3.63) is 37.5 Å². The van der Waals surface area contributed by atoms with Crippen LogP contribution in [0.1, 0.15) is 22.6 Å². The van der Waals surface area contributed by atoms with E-state index in [4.69, 9.17) is 12.2 Å². The molecular formula is C14H14N4OS2. The van der Waals surface area contributed by atoms with Gasteiger partial charge in [-0.1, -0.05) is 0 Å². The SMILES string of the molecule is Cc1nn(C)cc1-n1c(=S)[nH]c2sc3c(c2c1=O)CCC3. The Hall–Kier alpha value is -1.73. The van der Waals surface area contributed by atoms with Crippen molar-refractivity contribution < 1.29 is 0 Å². The fourth-order valence-electron chi connectivity index (χ4n) is 3.10. The minimum absolute atomic E-state index is 0.0238. The number of rotatable bonds is 1. The van der Waals surface area contributed by atoms with Crippen LogP contribution in [0.2, 0.25) is 0 Å². The Labute approximate surface area is 129 Å². The smallest absolute Gasteiger partial charge is 0.268 e. The minimum Gasteiger partial charge on any atom is -0.323 e. The second-order valence-electron chi connectivity index (χ2n) is 5.41. The Morgan fingerprint density at radius 3 is 2.95 bits per heavy atom. The van der Waals surface area contributed by atoms with Crippen LogP contribution < -0.4 is 5.56 Å². The summed E-state index contributed by atoms with van der Waals surface area (Å²) in [5.74, 6) is 0. The highest BCUT2D eigenvalue weighted by Crippen LogP contribution is 2.34. The molecule has 3 heterocycles. The highest BCUT2D eigenvalue weighted by Gasteiger charge is 2.22. The van der Waals surface area contributed by atoms with E-state index in [1.54, 1.807) is 20.6 Å². The molecular weight excluding hydrogens is 304 g/mol. The van der Waals surface area contributed by atoms with Gasteiger partial charge < -0.3 is 4.98 Å². The van der Waals surface area contributed by atoms with Crippen LogP contribution in [0.15, 0.2) is 11.0 Å². The number of nitrogens with zero attached hydrogens (tertiary/aromatic N) is 3. The second kappa shape index (κ2) is 4.38. The molecule has 21 heavy (non-hydrogen) atoms. The van der Waals surface area contributed by atoms with Crippen LogP contribution in [0.4, 0.5) is 0 Å². The molecule has 0 spiro atoms. The van der Waals surface area contributed by atoms with Gasteiger partial charge in [0.2, 0.25) is 0 Å². The van der Waals surface area contributed by atoms with E-state index in [1.165, 1.54) is 10.4 Å². The second-order valence-corrected chi connectivity index (χ2v) is 6.90. The van der Waals surface area contributed by atoms with Crippen molar-refractivity contribution in [2.24, 2.45) is 7.05 Å². The molecule has 0 fully saturated rings. The standard InChI is InChI=1S/C14H14N4OS2/c1-7-9(6-17(2)16-7)18-13(19)11-8-4-3-5-10(8)21-12(11)15-14(18)20/h6H,3-5H2,1-2H3,(H,15,20). The van der Waals surface area contributed by atoms with Gasteiger partial charge in [-0.3, -0.25) is 9.48 Å². The third-order valence-corrected chi connectivity index (χ3v) is 5.48. The third-order valence-electron chi connectivity index (χ3n) is 3.99. The number of fused-ring (bicyclic) bond motifs is 3. The molecule has 108 valence electrons. The lowest BCUT2D eigenvalue weighted by Gasteiger charge is -2.05. The van der Waals surface area contributed by atoms with Crippen LogP contribution in [0, 0.1) is 11.7 Å². The first-order valence-corrected chi connectivity index (χ1v) is 8.09. The van der Waals surface area contributed by atoms with Gasteiger partial charge >= 0.3 is 0 Å². The molecule has 3 aromatic heterocycles. The van der Waals surface area contributed by atoms with Crippen molar-refractivity contribution in [1.29, 1.82) is 0 Å². The maximum atomic E-state index is 13.0. The highest BCUT2D eigenvalue weighted by molar-refractivity contribution is 7.71. The highest BCUT2D eigenvalue weighted by atomic mass is 32.1. The van der Waals surface area contributed by atoms with E-state index < -0.39 is 0 Å². The maximum Gasteiger partial charge on any atom is 0.268 e. The summed E-state index contributed by atoms with van der Waals surface area (Å²) in [7, 11) is 1.84. The van der Waals surface area contributed by atoms with Gasteiger partial charge in [-0.25, -0.2) is 4.57 Å². The fraction of sp³-hybridized carbons (Fsp3) is 0.357. The Kier molecular flexibility index (Phi) is 2.71. The van der Waals surface area contributed by atoms with Crippen molar-refractivity contribution >= 4 is 33.8 Å². The van der Waals surface area contributed by atoms with Crippen molar-refractivity contribution in [2.45, 2.75) is 26.2 Å². The summed E-state index contributed by atoms with van der Waals surface area (Å²) in [6.45, 7) is 1.89. The molecule has 0 aliphatic heterocycles. The summed E-state index contributed by atoms with van der Waals surface area (Å²) in [5.41, 5.74) is 2.74. The Morgan fingerprint density at radius 1 is 1.43 bits per heavy atom. The molecule has 0 unspecified atom stereocenters. The first kappa shape index (κ1) is 13.0. The van der Waals surface area contributed by atoms with E-state index in [1.807, 2.05) is 20.2 Å². The van der Waals surface area contributed by atoms with E-state index >= 15 is 0 Å². The number of aryl methyl sites for hydroxylation is 4. The number of aromatic nitrogens is 4. The number of thiophene rings is 1. The summed E-state index contributed by atoms with van der Waals surface area (Å²) in [4.78, 5) is 18.4. The van der Waals surface area contributed by atoms with E-state index in [9.17, 15) is 4.79 Å². The first-order chi connectivity index (χ1) is 10.1. The quantitative estimate of drug-likeness (QED) is 0.702. The molecule has 4 rings (SSSR count). The van der Waals surface area contributed by atoms with Crippen LogP contribution >= 0.6 is 23.6 Å². The largest absolute Gasteiger partial charge is 0.323 e. The van der Waals surface area contributed by atoms with Gasteiger partial charge in [-0.15, -0.1) is 11.3 Å². The van der Waals surface area contributed by atoms with Crippen molar-refractivity contribution in [2.75, 3.05) is 0 Å². The Bertz CT molecular complexity index is 989. The number of aromatic amines is 1. The summed E-state index contributed by atoms with van der Waals surface area (Å²) in [5, 5.41) is 5.12. The summed E-state index contributed by atoms with van der Waals surface area (Å²) >= 11 is 7.07. The molecule has 1 aliphatic rings. The predicted molar refractivity (Wildman–Crippen MR) is 86.1 cm³/mol. The molecule has 5 nitrogen and oxygen atoms in total. The van der Waals surface area contributed by atoms with Gasteiger partial charge in [0.1, 0.15) is 4.83 Å². The molecule has 1 aliphatic carbocycles. The molecule has 3 aromatic rings. The average molecular weight is 318 g/mol. The molecule has 0 aromatic carbocycles. The summed E-state index contributed by atoms with van der Waals surface area (Å²) in [6.07, 6.45) is 5.03. The zero-order chi connectivity index (χ0) is 14.7. The zero-order valence-electron chi connectivity index (χ0n) is 11.8. The lowest BCUT2D eigenvalue weighted by Crippen LogP contribution is -2.20. The molecule has 0 bridgehead atoms. The molecule has 0 radical (unpaired) electrons.